The van der Waals surface area contributed by atoms with Gasteiger partial charge in [-0.3, -0.25) is 19.9 Å². The number of amides is 1. The predicted octanol–water partition coefficient (Wildman–Crippen LogP) is 4.98. The van der Waals surface area contributed by atoms with Gasteiger partial charge < -0.3 is 5.32 Å². The van der Waals surface area contributed by atoms with Gasteiger partial charge in [0.1, 0.15) is 0 Å². The zero-order valence-electron chi connectivity index (χ0n) is 17.6. The second-order valence-electron chi connectivity index (χ2n) is 7.64. The van der Waals surface area contributed by atoms with Crippen LogP contribution in [0, 0.1) is 17.0 Å². The maximum Gasteiger partial charge on any atom is 0.271 e. The molecule has 1 aliphatic rings. The van der Waals surface area contributed by atoms with Gasteiger partial charge in [-0.05, 0) is 38.0 Å². The van der Waals surface area contributed by atoms with Crippen molar-refractivity contribution >= 4 is 39.7 Å². The highest BCUT2D eigenvalue weighted by atomic mass is 35.5. The van der Waals surface area contributed by atoms with E-state index in [1.807, 2.05) is 19.1 Å². The first kappa shape index (κ1) is 21.2. The maximum atomic E-state index is 11.6. The normalized spacial score (nSPS) is 12.2. The van der Waals surface area contributed by atoms with Crippen LogP contribution in [0.2, 0.25) is 5.02 Å². The molecule has 3 heterocycles. The van der Waals surface area contributed by atoms with Crippen molar-refractivity contribution in [2.45, 2.75) is 26.7 Å². The molecule has 1 aromatic carbocycles. The number of carbonyl (C=O) groups excluding carboxylic acids is 1. The average molecular weight is 481 g/mol. The number of non-ortho nitro benzene ring substituents is 1. The Kier molecular flexibility index (Phi) is 5.18. The van der Waals surface area contributed by atoms with Crippen LogP contribution in [-0.2, 0) is 17.6 Å². The predicted molar refractivity (Wildman–Crippen MR) is 126 cm³/mol. The molecule has 0 bridgehead atoms. The lowest BCUT2D eigenvalue weighted by Crippen LogP contribution is -2.07. The second-order valence-corrected chi connectivity index (χ2v) is 9.05. The van der Waals surface area contributed by atoms with Crippen molar-refractivity contribution in [3.63, 3.8) is 0 Å². The number of nitro benzene ring substituents is 1. The van der Waals surface area contributed by atoms with Crippen molar-refractivity contribution in [1.29, 1.82) is 0 Å². The van der Waals surface area contributed by atoms with E-state index in [-0.39, 0.29) is 16.6 Å². The van der Waals surface area contributed by atoms with E-state index in [9.17, 15) is 14.9 Å². The monoisotopic (exact) mass is 480 g/mol. The molecule has 0 radical (unpaired) electrons. The minimum atomic E-state index is -0.487. The van der Waals surface area contributed by atoms with E-state index in [1.54, 1.807) is 16.9 Å². The van der Waals surface area contributed by atoms with E-state index >= 15 is 0 Å². The summed E-state index contributed by atoms with van der Waals surface area (Å²) < 4.78 is 1.71. The van der Waals surface area contributed by atoms with Crippen LogP contribution in [0.5, 0.6) is 0 Å². The van der Waals surface area contributed by atoms with Crippen molar-refractivity contribution < 1.29 is 9.72 Å². The van der Waals surface area contributed by atoms with Crippen LogP contribution in [0.15, 0.2) is 36.5 Å². The van der Waals surface area contributed by atoms with Crippen LogP contribution in [0.3, 0.4) is 0 Å². The smallest absolute Gasteiger partial charge is 0.271 e. The number of rotatable bonds is 4. The maximum absolute atomic E-state index is 11.6. The van der Waals surface area contributed by atoms with Crippen molar-refractivity contribution in [2.75, 3.05) is 5.32 Å². The summed E-state index contributed by atoms with van der Waals surface area (Å²) in [7, 11) is 0. The summed E-state index contributed by atoms with van der Waals surface area (Å²) in [6.45, 7) is 3.36. The molecule has 1 amide bonds. The van der Waals surface area contributed by atoms with Gasteiger partial charge in [0.2, 0.25) is 5.91 Å². The molecule has 11 heteroatoms. The van der Waals surface area contributed by atoms with Crippen LogP contribution < -0.4 is 5.32 Å². The Morgan fingerprint density at radius 2 is 2.09 bits per heavy atom. The van der Waals surface area contributed by atoms with Gasteiger partial charge in [0.05, 0.1) is 37.6 Å². The molecule has 0 spiro atoms. The fraction of sp³-hybridized carbons (Fsp3) is 0.182. The minimum Gasteiger partial charge on any atom is -0.302 e. The number of carbonyl (C=O) groups is 1. The lowest BCUT2D eigenvalue weighted by Gasteiger charge is -2.14. The van der Waals surface area contributed by atoms with Gasteiger partial charge in [0, 0.05) is 42.1 Å². The lowest BCUT2D eigenvalue weighted by atomic mass is 9.95. The molecule has 0 fully saturated rings. The van der Waals surface area contributed by atoms with E-state index in [0.717, 1.165) is 38.8 Å². The van der Waals surface area contributed by atoms with Gasteiger partial charge in [-0.1, -0.05) is 22.9 Å². The standard InChI is InChI=1S/C22H17ClN6O3S/c1-11-3-4-13(10-24-11)19-15-6-7-17-21(33-22(26-17)25-12(2)30)20(15)28(27-19)18-8-5-14(29(31)32)9-16(18)23/h3-5,8-10H,6-7H2,1-2H3,(H,25,26,30). The van der Waals surface area contributed by atoms with Gasteiger partial charge in [0.25, 0.3) is 5.69 Å². The zero-order chi connectivity index (χ0) is 23.3. The third-order valence-corrected chi connectivity index (χ3v) is 6.67. The first-order valence-electron chi connectivity index (χ1n) is 10.1. The van der Waals surface area contributed by atoms with Gasteiger partial charge in [-0.2, -0.15) is 5.10 Å². The third-order valence-electron chi connectivity index (χ3n) is 5.35. The van der Waals surface area contributed by atoms with Gasteiger partial charge in [-0.25, -0.2) is 9.67 Å². The molecule has 3 aromatic heterocycles. The molecule has 0 saturated heterocycles. The Morgan fingerprint density at radius 3 is 2.76 bits per heavy atom. The van der Waals surface area contributed by atoms with Crippen LogP contribution in [-0.4, -0.2) is 30.6 Å². The summed E-state index contributed by atoms with van der Waals surface area (Å²) >= 11 is 7.85. The van der Waals surface area contributed by atoms with Crippen LogP contribution in [0.1, 0.15) is 23.9 Å². The van der Waals surface area contributed by atoms with Crippen LogP contribution >= 0.6 is 22.9 Å². The number of hydrogen-bond acceptors (Lipinski definition) is 7. The summed E-state index contributed by atoms with van der Waals surface area (Å²) in [4.78, 5) is 32.1. The Labute approximate surface area is 197 Å². The molecular formula is C22H17ClN6O3S. The molecule has 0 atom stereocenters. The summed E-state index contributed by atoms with van der Waals surface area (Å²) in [6, 6.07) is 8.21. The lowest BCUT2D eigenvalue weighted by molar-refractivity contribution is -0.384. The number of pyridine rings is 1. The van der Waals surface area contributed by atoms with E-state index in [2.05, 4.69) is 15.3 Å². The molecule has 5 rings (SSSR count). The quantitative estimate of drug-likeness (QED) is 0.325. The van der Waals surface area contributed by atoms with Crippen LogP contribution in [0.4, 0.5) is 10.8 Å². The molecule has 1 aliphatic carbocycles. The topological polar surface area (TPSA) is 116 Å². The zero-order valence-corrected chi connectivity index (χ0v) is 19.2. The summed E-state index contributed by atoms with van der Waals surface area (Å²) in [6.07, 6.45) is 3.18. The number of fused-ring (bicyclic) bond motifs is 3. The first-order valence-corrected chi connectivity index (χ1v) is 11.3. The first-order chi connectivity index (χ1) is 15.8. The Hall–Kier alpha value is -3.63. The molecule has 33 heavy (non-hydrogen) atoms. The van der Waals surface area contributed by atoms with Crippen molar-refractivity contribution in [1.82, 2.24) is 19.7 Å². The summed E-state index contributed by atoms with van der Waals surface area (Å²) in [5.41, 5.74) is 5.65. The Balaban J connectivity index is 1.74. The van der Waals surface area contributed by atoms with Crippen molar-refractivity contribution in [3.8, 4) is 27.5 Å². The molecule has 1 N–H and O–H groups in total. The van der Waals surface area contributed by atoms with E-state index in [4.69, 9.17) is 16.7 Å². The number of benzene rings is 1. The molecular weight excluding hydrogens is 464 g/mol. The molecule has 0 aliphatic heterocycles. The number of hydrogen-bond donors (Lipinski definition) is 1. The number of aryl methyl sites for hydroxylation is 2. The number of nitro groups is 1. The van der Waals surface area contributed by atoms with Crippen molar-refractivity contribution in [3.05, 3.63) is 68.6 Å². The third kappa shape index (κ3) is 3.77. The van der Waals surface area contributed by atoms with Crippen LogP contribution in [0.25, 0.3) is 27.5 Å². The molecule has 4 aromatic rings. The highest BCUT2D eigenvalue weighted by molar-refractivity contribution is 7.19. The second kappa shape index (κ2) is 8.05. The molecule has 166 valence electrons. The molecule has 9 nitrogen and oxygen atoms in total. The number of nitrogens with one attached hydrogen (secondary N) is 1. The number of anilines is 1. The molecule has 0 saturated carbocycles. The summed E-state index contributed by atoms with van der Waals surface area (Å²) in [5, 5.41) is 19.5. The number of aromatic nitrogens is 4. The fourth-order valence-electron chi connectivity index (χ4n) is 3.87. The SMILES string of the molecule is CC(=O)Nc1nc2c(s1)-c1c(c(-c3ccc(C)nc3)nn1-c1ccc([N+](=O)[O-])cc1Cl)CC2. The van der Waals surface area contributed by atoms with Gasteiger partial charge >= 0.3 is 0 Å². The highest BCUT2D eigenvalue weighted by Gasteiger charge is 2.30. The largest absolute Gasteiger partial charge is 0.302 e. The van der Waals surface area contributed by atoms with Gasteiger partial charge in [0.15, 0.2) is 5.13 Å². The fourth-order valence-corrected chi connectivity index (χ4v) is 5.24. The highest BCUT2D eigenvalue weighted by Crippen LogP contribution is 2.44. The van der Waals surface area contributed by atoms with E-state index < -0.39 is 4.92 Å². The summed E-state index contributed by atoms with van der Waals surface area (Å²) in [5.74, 6) is -0.195. The number of nitrogens with zero attached hydrogens (tertiary/aromatic N) is 5. The minimum absolute atomic E-state index is 0.0980. The van der Waals surface area contributed by atoms with E-state index in [1.165, 1.54) is 30.4 Å². The number of thiazole rings is 1. The Morgan fingerprint density at radius 1 is 1.27 bits per heavy atom. The van der Waals surface area contributed by atoms with E-state index in [0.29, 0.717) is 23.7 Å². The van der Waals surface area contributed by atoms with Gasteiger partial charge in [-0.15, -0.1) is 0 Å². The van der Waals surface area contributed by atoms with Crippen molar-refractivity contribution in [2.24, 2.45) is 0 Å². The average Bonchev–Trinajstić information content (AvgIpc) is 3.34. The Bertz CT molecular complexity index is 1430. The number of halogens is 1. The molecule has 0 unspecified atom stereocenters.